The first-order chi connectivity index (χ1) is 9.59. The van der Waals surface area contributed by atoms with Gasteiger partial charge in [-0.1, -0.05) is 30.3 Å². The van der Waals surface area contributed by atoms with E-state index in [1.165, 1.54) is 5.56 Å². The number of benzene rings is 1. The smallest absolute Gasteiger partial charge is 0.414 e. The molecule has 1 fully saturated rings. The highest BCUT2D eigenvalue weighted by molar-refractivity contribution is 6.27. The van der Waals surface area contributed by atoms with Crippen molar-refractivity contribution in [2.75, 3.05) is 19.7 Å². The molecule has 1 aliphatic rings. The molecule has 1 heterocycles. The third-order valence-corrected chi connectivity index (χ3v) is 2.79. The van der Waals surface area contributed by atoms with Gasteiger partial charge in [0.15, 0.2) is 0 Å². The molecule has 1 unspecified atom stereocenters. The van der Waals surface area contributed by atoms with Crippen molar-refractivity contribution >= 4 is 11.9 Å². The number of aryl methyl sites for hydroxylation is 1. The molecule has 1 aromatic carbocycles. The molecule has 6 heteroatoms. The van der Waals surface area contributed by atoms with Crippen LogP contribution in [0.2, 0.25) is 0 Å². The van der Waals surface area contributed by atoms with Gasteiger partial charge in [-0.3, -0.25) is 0 Å². The van der Waals surface area contributed by atoms with E-state index < -0.39 is 11.9 Å². The Balaban J connectivity index is 0.000000286. The van der Waals surface area contributed by atoms with Crippen molar-refractivity contribution in [1.29, 1.82) is 0 Å². The van der Waals surface area contributed by atoms with Crippen LogP contribution in [-0.2, 0) is 20.7 Å². The van der Waals surface area contributed by atoms with E-state index in [2.05, 4.69) is 35.6 Å². The number of ether oxygens (including phenoxy) is 1. The minimum Gasteiger partial charge on any atom is -0.473 e. The van der Waals surface area contributed by atoms with Crippen LogP contribution in [0.5, 0.6) is 0 Å². The van der Waals surface area contributed by atoms with E-state index in [9.17, 15) is 0 Å². The molecule has 1 aromatic rings. The number of nitrogens with one attached hydrogen (secondary N) is 1. The second-order valence-corrected chi connectivity index (χ2v) is 4.33. The number of morpholine rings is 1. The van der Waals surface area contributed by atoms with Crippen molar-refractivity contribution in [3.8, 4) is 0 Å². The molecule has 3 N–H and O–H groups in total. The molecular weight excluding hydrogens is 262 g/mol. The maximum Gasteiger partial charge on any atom is 0.414 e. The normalized spacial score (nSPS) is 17.7. The first-order valence-corrected chi connectivity index (χ1v) is 6.42. The van der Waals surface area contributed by atoms with E-state index >= 15 is 0 Å². The van der Waals surface area contributed by atoms with E-state index in [1.54, 1.807) is 0 Å². The molecule has 0 spiro atoms. The van der Waals surface area contributed by atoms with Crippen molar-refractivity contribution in [2.24, 2.45) is 0 Å². The van der Waals surface area contributed by atoms with Gasteiger partial charge >= 0.3 is 11.9 Å². The minimum atomic E-state index is -1.82. The molecular formula is C14H19NO5. The van der Waals surface area contributed by atoms with Crippen LogP contribution in [0.1, 0.15) is 12.0 Å². The van der Waals surface area contributed by atoms with Crippen molar-refractivity contribution in [1.82, 2.24) is 5.32 Å². The van der Waals surface area contributed by atoms with E-state index in [4.69, 9.17) is 24.5 Å². The molecule has 0 bridgehead atoms. The molecule has 1 saturated heterocycles. The third-order valence-electron chi connectivity index (χ3n) is 2.79. The largest absolute Gasteiger partial charge is 0.473 e. The van der Waals surface area contributed by atoms with E-state index in [0.717, 1.165) is 32.5 Å². The summed E-state index contributed by atoms with van der Waals surface area (Å²) < 4.78 is 5.64. The van der Waals surface area contributed by atoms with Crippen LogP contribution in [0.4, 0.5) is 0 Å². The van der Waals surface area contributed by atoms with Gasteiger partial charge in [0.05, 0.1) is 12.7 Å². The van der Waals surface area contributed by atoms with Crippen LogP contribution in [0.3, 0.4) is 0 Å². The number of carboxylic acid groups (broad SMARTS) is 2. The molecule has 0 aromatic heterocycles. The predicted molar refractivity (Wildman–Crippen MR) is 72.6 cm³/mol. The summed E-state index contributed by atoms with van der Waals surface area (Å²) >= 11 is 0. The molecule has 0 aliphatic carbocycles. The van der Waals surface area contributed by atoms with Crippen LogP contribution in [0, 0.1) is 0 Å². The first kappa shape index (κ1) is 16.1. The van der Waals surface area contributed by atoms with E-state index in [-0.39, 0.29) is 0 Å². The van der Waals surface area contributed by atoms with Crippen molar-refractivity contribution in [3.05, 3.63) is 35.9 Å². The fourth-order valence-electron chi connectivity index (χ4n) is 1.78. The van der Waals surface area contributed by atoms with E-state index in [1.807, 2.05) is 0 Å². The van der Waals surface area contributed by atoms with Crippen molar-refractivity contribution in [2.45, 2.75) is 18.9 Å². The zero-order chi connectivity index (χ0) is 14.8. The maximum atomic E-state index is 9.10. The Labute approximate surface area is 117 Å². The Bertz CT molecular complexity index is 403. The number of carbonyl (C=O) groups is 2. The van der Waals surface area contributed by atoms with Gasteiger partial charge in [0.2, 0.25) is 0 Å². The van der Waals surface area contributed by atoms with Crippen LogP contribution in [-0.4, -0.2) is 48.0 Å². The Morgan fingerprint density at radius 3 is 2.35 bits per heavy atom. The Morgan fingerprint density at radius 2 is 1.85 bits per heavy atom. The van der Waals surface area contributed by atoms with Gasteiger partial charge in [-0.25, -0.2) is 9.59 Å². The second kappa shape index (κ2) is 9.06. The number of hydrogen-bond donors (Lipinski definition) is 3. The first-order valence-electron chi connectivity index (χ1n) is 6.42. The van der Waals surface area contributed by atoms with Gasteiger partial charge in [0.25, 0.3) is 0 Å². The topological polar surface area (TPSA) is 95.9 Å². The minimum absolute atomic E-state index is 0.406. The highest BCUT2D eigenvalue weighted by Crippen LogP contribution is 2.08. The fourth-order valence-corrected chi connectivity index (χ4v) is 1.78. The predicted octanol–water partition coefficient (Wildman–Crippen LogP) is 0.763. The fraction of sp³-hybridized carbons (Fsp3) is 0.429. The lowest BCUT2D eigenvalue weighted by Gasteiger charge is -2.23. The molecule has 2 rings (SSSR count). The highest BCUT2D eigenvalue weighted by Gasteiger charge is 2.12. The number of rotatable bonds is 3. The summed E-state index contributed by atoms with van der Waals surface area (Å²) in [7, 11) is 0. The Morgan fingerprint density at radius 1 is 1.20 bits per heavy atom. The van der Waals surface area contributed by atoms with Crippen molar-refractivity contribution < 1.29 is 24.5 Å². The molecule has 1 aliphatic heterocycles. The standard InChI is InChI=1S/C12H17NO.C2H2O4/c1-2-4-11(5-3-1)6-7-12-10-13-8-9-14-12;3-1(4)2(5)6/h1-5,12-13H,6-10H2;(H,3,4)(H,5,6). The SMILES string of the molecule is O=C(O)C(=O)O.c1ccc(CCC2CNCCO2)cc1. The highest BCUT2D eigenvalue weighted by atomic mass is 16.5. The summed E-state index contributed by atoms with van der Waals surface area (Å²) in [5.41, 5.74) is 1.40. The summed E-state index contributed by atoms with van der Waals surface area (Å²) in [4.78, 5) is 18.2. The molecule has 1 atom stereocenters. The lowest BCUT2D eigenvalue weighted by atomic mass is 10.1. The quantitative estimate of drug-likeness (QED) is 0.708. The summed E-state index contributed by atoms with van der Waals surface area (Å²) in [5, 5.41) is 18.1. The van der Waals surface area contributed by atoms with Gasteiger partial charge in [-0.2, -0.15) is 0 Å². The van der Waals surface area contributed by atoms with Gasteiger partial charge in [-0.05, 0) is 18.4 Å². The van der Waals surface area contributed by atoms with E-state index in [0.29, 0.717) is 6.10 Å². The number of hydrogen-bond acceptors (Lipinski definition) is 4. The molecule has 0 amide bonds. The number of carboxylic acids is 2. The zero-order valence-electron chi connectivity index (χ0n) is 11.1. The lowest BCUT2D eigenvalue weighted by Crippen LogP contribution is -2.38. The van der Waals surface area contributed by atoms with Crippen LogP contribution in [0.15, 0.2) is 30.3 Å². The average Bonchev–Trinajstić information content (AvgIpc) is 2.48. The van der Waals surface area contributed by atoms with Gasteiger partial charge in [0, 0.05) is 13.1 Å². The van der Waals surface area contributed by atoms with Gasteiger partial charge in [0.1, 0.15) is 0 Å². The maximum absolute atomic E-state index is 9.10. The summed E-state index contributed by atoms with van der Waals surface area (Å²) in [6.45, 7) is 2.87. The summed E-state index contributed by atoms with van der Waals surface area (Å²) in [6.07, 6.45) is 2.65. The molecule has 0 radical (unpaired) electrons. The Hall–Kier alpha value is -1.92. The molecule has 0 saturated carbocycles. The third kappa shape index (κ3) is 6.86. The summed E-state index contributed by atoms with van der Waals surface area (Å²) in [5.74, 6) is -3.65. The zero-order valence-corrected chi connectivity index (χ0v) is 11.1. The number of aliphatic carboxylic acids is 2. The second-order valence-electron chi connectivity index (χ2n) is 4.33. The summed E-state index contributed by atoms with van der Waals surface area (Å²) in [6, 6.07) is 10.6. The van der Waals surface area contributed by atoms with Crippen LogP contribution >= 0.6 is 0 Å². The molecule has 20 heavy (non-hydrogen) atoms. The molecule has 110 valence electrons. The monoisotopic (exact) mass is 281 g/mol. The van der Waals surface area contributed by atoms with Crippen molar-refractivity contribution in [3.63, 3.8) is 0 Å². The van der Waals surface area contributed by atoms with Crippen LogP contribution in [0.25, 0.3) is 0 Å². The van der Waals surface area contributed by atoms with Gasteiger partial charge < -0.3 is 20.3 Å². The Kier molecular flexibility index (Phi) is 7.31. The lowest BCUT2D eigenvalue weighted by molar-refractivity contribution is -0.159. The van der Waals surface area contributed by atoms with Gasteiger partial charge in [-0.15, -0.1) is 0 Å². The molecule has 6 nitrogen and oxygen atoms in total. The average molecular weight is 281 g/mol. The van der Waals surface area contributed by atoms with Crippen LogP contribution < -0.4 is 5.32 Å².